The minimum Gasteiger partial charge on any atom is -0.496 e. The SMILES string of the molecule is COc1ccc(F)cc1C(=O)NCc1ccc(-c2nc(C3CCCC3)c3cc[nH]c3c2C(N)=O)cc1. The van der Waals surface area contributed by atoms with Gasteiger partial charge in [-0.3, -0.25) is 14.6 Å². The van der Waals surface area contributed by atoms with Crippen LogP contribution in [0.5, 0.6) is 5.75 Å². The first kappa shape index (κ1) is 23.5. The van der Waals surface area contributed by atoms with Crippen molar-refractivity contribution in [2.45, 2.75) is 38.1 Å². The molecule has 2 aromatic carbocycles. The number of hydrogen-bond acceptors (Lipinski definition) is 4. The number of carbonyl (C=O) groups is 2. The number of benzene rings is 2. The summed E-state index contributed by atoms with van der Waals surface area (Å²) >= 11 is 0. The quantitative estimate of drug-likeness (QED) is 0.339. The number of amides is 2. The maximum Gasteiger partial charge on any atom is 0.255 e. The second-order valence-corrected chi connectivity index (χ2v) is 9.06. The minimum absolute atomic E-state index is 0.128. The molecule has 0 radical (unpaired) electrons. The maximum absolute atomic E-state index is 13.6. The monoisotopic (exact) mass is 486 g/mol. The van der Waals surface area contributed by atoms with Crippen LogP contribution in [0.25, 0.3) is 22.2 Å². The molecule has 2 amide bonds. The molecule has 0 saturated heterocycles. The van der Waals surface area contributed by atoms with E-state index in [1.165, 1.54) is 32.1 Å². The molecule has 36 heavy (non-hydrogen) atoms. The van der Waals surface area contributed by atoms with E-state index in [-0.39, 0.29) is 12.1 Å². The van der Waals surface area contributed by atoms with Gasteiger partial charge in [0.25, 0.3) is 11.8 Å². The summed E-state index contributed by atoms with van der Waals surface area (Å²) < 4.78 is 18.8. The molecule has 0 spiro atoms. The lowest BCUT2D eigenvalue weighted by Gasteiger charge is -2.16. The van der Waals surface area contributed by atoms with Crippen LogP contribution in [0.2, 0.25) is 0 Å². The predicted octanol–water partition coefficient (Wildman–Crippen LogP) is 5.06. The van der Waals surface area contributed by atoms with E-state index in [0.29, 0.717) is 22.9 Å². The van der Waals surface area contributed by atoms with Crippen molar-refractivity contribution < 1.29 is 18.7 Å². The smallest absolute Gasteiger partial charge is 0.255 e. The predicted molar refractivity (Wildman–Crippen MR) is 135 cm³/mol. The number of aromatic amines is 1. The van der Waals surface area contributed by atoms with E-state index < -0.39 is 17.6 Å². The van der Waals surface area contributed by atoms with Crippen LogP contribution in [0, 0.1) is 5.82 Å². The van der Waals surface area contributed by atoms with Crippen LogP contribution in [0.1, 0.15) is 63.6 Å². The molecular formula is C28H27FN4O3. The Labute approximate surface area is 207 Å². The van der Waals surface area contributed by atoms with Crippen molar-refractivity contribution in [1.29, 1.82) is 0 Å². The number of halogens is 1. The van der Waals surface area contributed by atoms with Crippen molar-refractivity contribution in [1.82, 2.24) is 15.3 Å². The van der Waals surface area contributed by atoms with E-state index >= 15 is 0 Å². The molecule has 2 heterocycles. The lowest BCUT2D eigenvalue weighted by Crippen LogP contribution is -2.23. The number of nitrogens with one attached hydrogen (secondary N) is 2. The standard InChI is InChI=1S/C28H27FN4O3/c1-36-22-11-10-19(29)14-21(22)28(35)32-15-16-6-8-18(9-7-16)25-23(27(30)34)26-20(12-13-31-26)24(33-25)17-4-2-3-5-17/h6-14,17,31H,2-5,15H2,1H3,(H2,30,34)(H,32,35). The van der Waals surface area contributed by atoms with Crippen LogP contribution in [0.4, 0.5) is 4.39 Å². The van der Waals surface area contributed by atoms with E-state index in [1.807, 2.05) is 36.5 Å². The van der Waals surface area contributed by atoms with Crippen LogP contribution in [-0.2, 0) is 6.54 Å². The van der Waals surface area contributed by atoms with Gasteiger partial charge in [0, 0.05) is 29.6 Å². The first-order valence-corrected chi connectivity index (χ1v) is 12.0. The van der Waals surface area contributed by atoms with Crippen molar-refractivity contribution in [3.63, 3.8) is 0 Å². The molecule has 7 nitrogen and oxygen atoms in total. The highest BCUT2D eigenvalue weighted by atomic mass is 19.1. The molecule has 1 aliphatic rings. The van der Waals surface area contributed by atoms with E-state index in [2.05, 4.69) is 10.3 Å². The molecule has 2 aromatic heterocycles. The Balaban J connectivity index is 1.42. The Morgan fingerprint density at radius 1 is 1.14 bits per heavy atom. The van der Waals surface area contributed by atoms with Crippen molar-refractivity contribution in [2.75, 3.05) is 7.11 Å². The van der Waals surface area contributed by atoms with Gasteiger partial charge in [-0.1, -0.05) is 37.1 Å². The number of hydrogen-bond donors (Lipinski definition) is 3. The fourth-order valence-corrected chi connectivity index (χ4v) is 5.02. The molecule has 184 valence electrons. The normalized spacial score (nSPS) is 13.7. The number of nitrogens with zero attached hydrogens (tertiary/aromatic N) is 1. The Hall–Kier alpha value is -4.20. The van der Waals surface area contributed by atoms with Gasteiger partial charge in [-0.25, -0.2) is 4.39 Å². The van der Waals surface area contributed by atoms with E-state index in [9.17, 15) is 14.0 Å². The Bertz CT molecular complexity index is 1440. The molecule has 8 heteroatoms. The lowest BCUT2D eigenvalue weighted by atomic mass is 9.95. The van der Waals surface area contributed by atoms with Gasteiger partial charge < -0.3 is 20.8 Å². The van der Waals surface area contributed by atoms with Crippen LogP contribution in [-0.4, -0.2) is 28.9 Å². The molecule has 0 aliphatic heterocycles. The second kappa shape index (κ2) is 9.81. The average molecular weight is 487 g/mol. The van der Waals surface area contributed by atoms with Gasteiger partial charge in [-0.2, -0.15) is 0 Å². The zero-order chi connectivity index (χ0) is 25.2. The summed E-state index contributed by atoms with van der Waals surface area (Å²) in [4.78, 5) is 33.2. The van der Waals surface area contributed by atoms with Crippen LogP contribution in [0.3, 0.4) is 0 Å². The van der Waals surface area contributed by atoms with Gasteiger partial charge in [0.1, 0.15) is 11.6 Å². The Kier molecular flexibility index (Phi) is 6.41. The highest BCUT2D eigenvalue weighted by Gasteiger charge is 2.26. The summed E-state index contributed by atoms with van der Waals surface area (Å²) in [5.74, 6) is -0.834. The van der Waals surface area contributed by atoms with Crippen LogP contribution < -0.4 is 15.8 Å². The van der Waals surface area contributed by atoms with Crippen LogP contribution in [0.15, 0.2) is 54.7 Å². The number of pyridine rings is 1. The third kappa shape index (κ3) is 4.42. The molecule has 1 fully saturated rings. The summed E-state index contributed by atoms with van der Waals surface area (Å²) in [5.41, 5.74) is 10.2. The van der Waals surface area contributed by atoms with Crippen molar-refractivity contribution >= 4 is 22.7 Å². The zero-order valence-electron chi connectivity index (χ0n) is 19.9. The number of methoxy groups -OCH3 is 1. The first-order valence-electron chi connectivity index (χ1n) is 12.0. The molecule has 4 N–H and O–H groups in total. The number of ether oxygens (including phenoxy) is 1. The summed E-state index contributed by atoms with van der Waals surface area (Å²) in [6.07, 6.45) is 6.33. The molecule has 0 atom stereocenters. The van der Waals surface area contributed by atoms with Crippen LogP contribution >= 0.6 is 0 Å². The number of H-pyrrole nitrogens is 1. The molecule has 1 saturated carbocycles. The molecular weight excluding hydrogens is 459 g/mol. The summed E-state index contributed by atoms with van der Waals surface area (Å²) in [6.45, 7) is 0.234. The average Bonchev–Trinajstić information content (AvgIpc) is 3.59. The van der Waals surface area contributed by atoms with Crippen molar-refractivity contribution in [2.24, 2.45) is 5.73 Å². The molecule has 0 unspecified atom stereocenters. The molecule has 5 rings (SSSR count). The number of nitrogens with two attached hydrogens (primary N) is 1. The van der Waals surface area contributed by atoms with Gasteiger partial charge in [-0.15, -0.1) is 0 Å². The fourth-order valence-electron chi connectivity index (χ4n) is 5.02. The first-order chi connectivity index (χ1) is 17.5. The second-order valence-electron chi connectivity index (χ2n) is 9.06. The summed E-state index contributed by atoms with van der Waals surface area (Å²) in [5, 5.41) is 3.74. The van der Waals surface area contributed by atoms with Gasteiger partial charge in [0.2, 0.25) is 0 Å². The maximum atomic E-state index is 13.6. The number of carbonyl (C=O) groups excluding carboxylic acids is 2. The van der Waals surface area contributed by atoms with Gasteiger partial charge in [-0.05, 0) is 42.7 Å². The minimum atomic E-state index is -0.539. The summed E-state index contributed by atoms with van der Waals surface area (Å²) in [6, 6.07) is 13.2. The Morgan fingerprint density at radius 3 is 2.58 bits per heavy atom. The zero-order valence-corrected chi connectivity index (χ0v) is 19.9. The number of primary amides is 1. The van der Waals surface area contributed by atoms with Gasteiger partial charge >= 0.3 is 0 Å². The Morgan fingerprint density at radius 2 is 1.89 bits per heavy atom. The third-order valence-corrected chi connectivity index (χ3v) is 6.82. The molecule has 0 bridgehead atoms. The largest absolute Gasteiger partial charge is 0.496 e. The number of aromatic nitrogens is 2. The van der Waals surface area contributed by atoms with E-state index in [1.54, 1.807) is 0 Å². The summed E-state index contributed by atoms with van der Waals surface area (Å²) in [7, 11) is 1.43. The van der Waals surface area contributed by atoms with Crippen molar-refractivity contribution in [3.8, 4) is 17.0 Å². The van der Waals surface area contributed by atoms with Crippen molar-refractivity contribution in [3.05, 3.63) is 82.9 Å². The highest BCUT2D eigenvalue weighted by Crippen LogP contribution is 2.39. The van der Waals surface area contributed by atoms with Gasteiger partial charge in [0.15, 0.2) is 0 Å². The lowest BCUT2D eigenvalue weighted by molar-refractivity contribution is 0.0946. The topological polar surface area (TPSA) is 110 Å². The molecule has 4 aromatic rings. The van der Waals surface area contributed by atoms with E-state index in [0.717, 1.165) is 46.6 Å². The molecule has 1 aliphatic carbocycles. The highest BCUT2D eigenvalue weighted by molar-refractivity contribution is 6.10. The number of fused-ring (bicyclic) bond motifs is 1. The third-order valence-electron chi connectivity index (χ3n) is 6.82. The number of rotatable bonds is 7. The van der Waals surface area contributed by atoms with Gasteiger partial charge in [0.05, 0.1) is 35.1 Å². The van der Waals surface area contributed by atoms with E-state index in [4.69, 9.17) is 15.5 Å². The fraction of sp³-hybridized carbons (Fsp3) is 0.250.